The second-order valence-electron chi connectivity index (χ2n) is 5.30. The summed E-state index contributed by atoms with van der Waals surface area (Å²) in [6.45, 7) is 3.79. The van der Waals surface area contributed by atoms with Gasteiger partial charge in [0.05, 0.1) is 12.7 Å². The summed E-state index contributed by atoms with van der Waals surface area (Å²) in [5.41, 5.74) is 2.71. The Morgan fingerprint density at radius 3 is 2.95 bits per heavy atom. The number of imidazole rings is 1. The topological polar surface area (TPSA) is 58.9 Å². The highest BCUT2D eigenvalue weighted by Crippen LogP contribution is 2.25. The van der Waals surface area contributed by atoms with Gasteiger partial charge in [-0.3, -0.25) is 4.99 Å². The summed E-state index contributed by atoms with van der Waals surface area (Å²) in [6, 6.07) is 0. The number of H-pyrrole nitrogens is 1. The van der Waals surface area contributed by atoms with Gasteiger partial charge in [-0.15, -0.1) is 0 Å². The molecule has 102 valence electrons. The lowest BCUT2D eigenvalue weighted by Gasteiger charge is -2.22. The van der Waals surface area contributed by atoms with E-state index in [1.54, 1.807) is 6.33 Å². The minimum atomic E-state index is 0.744. The third-order valence-corrected chi connectivity index (χ3v) is 3.92. The SMILES string of the molecule is CCN=c1ncn(CC2CCCCC2)c2nc[nH]c12. The van der Waals surface area contributed by atoms with Gasteiger partial charge in [0.1, 0.15) is 5.52 Å². The van der Waals surface area contributed by atoms with E-state index in [0.29, 0.717) is 0 Å². The summed E-state index contributed by atoms with van der Waals surface area (Å²) in [5, 5.41) is 0. The molecule has 3 rings (SSSR count). The van der Waals surface area contributed by atoms with Crippen LogP contribution in [0.2, 0.25) is 0 Å². The van der Waals surface area contributed by atoms with Crippen molar-refractivity contribution in [2.24, 2.45) is 10.9 Å². The molecule has 0 amide bonds. The van der Waals surface area contributed by atoms with Crippen molar-refractivity contribution < 1.29 is 0 Å². The van der Waals surface area contributed by atoms with Gasteiger partial charge in [0.2, 0.25) is 0 Å². The average molecular weight is 259 g/mol. The standard InChI is InChI=1S/C14H21N5/c1-2-15-13-12-14(17-9-16-12)19(10-18-13)8-11-6-4-3-5-7-11/h9-11H,2-8H2,1H3,(H,16,17). The molecule has 2 heterocycles. The summed E-state index contributed by atoms with van der Waals surface area (Å²) in [6.07, 6.45) is 10.4. The molecule has 5 heteroatoms. The van der Waals surface area contributed by atoms with Crippen LogP contribution in [0.1, 0.15) is 39.0 Å². The Labute approximate surface area is 112 Å². The fourth-order valence-corrected chi connectivity index (χ4v) is 2.96. The maximum atomic E-state index is 4.46. The van der Waals surface area contributed by atoms with Crippen molar-refractivity contribution in [1.29, 1.82) is 0 Å². The van der Waals surface area contributed by atoms with E-state index in [0.717, 1.165) is 35.7 Å². The highest BCUT2D eigenvalue weighted by molar-refractivity contribution is 5.68. The Balaban J connectivity index is 1.94. The van der Waals surface area contributed by atoms with Gasteiger partial charge in [0.25, 0.3) is 0 Å². The average Bonchev–Trinajstić information content (AvgIpc) is 2.93. The molecule has 1 saturated carbocycles. The Hall–Kier alpha value is -1.65. The first-order chi connectivity index (χ1) is 9.38. The highest BCUT2D eigenvalue weighted by Gasteiger charge is 2.15. The minimum absolute atomic E-state index is 0.744. The van der Waals surface area contributed by atoms with Crippen molar-refractivity contribution >= 4 is 11.2 Å². The molecule has 0 bridgehead atoms. The Morgan fingerprint density at radius 2 is 2.16 bits per heavy atom. The molecular formula is C14H21N5. The highest BCUT2D eigenvalue weighted by atomic mass is 15.1. The molecule has 0 aromatic carbocycles. The molecule has 1 aliphatic carbocycles. The monoisotopic (exact) mass is 259 g/mol. The van der Waals surface area contributed by atoms with Crippen LogP contribution < -0.4 is 5.49 Å². The number of nitrogens with one attached hydrogen (secondary N) is 1. The Kier molecular flexibility index (Phi) is 3.62. The first-order valence-electron chi connectivity index (χ1n) is 7.27. The fraction of sp³-hybridized carbons (Fsp3) is 0.643. The first kappa shape index (κ1) is 12.4. The lowest BCUT2D eigenvalue weighted by Crippen LogP contribution is -2.19. The van der Waals surface area contributed by atoms with Crippen LogP contribution in [0.5, 0.6) is 0 Å². The molecular weight excluding hydrogens is 238 g/mol. The summed E-state index contributed by atoms with van der Waals surface area (Å²) in [5.74, 6) is 0.773. The number of hydrogen-bond donors (Lipinski definition) is 1. The summed E-state index contributed by atoms with van der Waals surface area (Å²) in [4.78, 5) is 16.5. The number of hydrogen-bond acceptors (Lipinski definition) is 3. The molecule has 0 aliphatic heterocycles. The molecule has 2 aromatic rings. The normalized spacial score (nSPS) is 18.3. The second-order valence-corrected chi connectivity index (χ2v) is 5.30. The van der Waals surface area contributed by atoms with E-state index in [-0.39, 0.29) is 0 Å². The van der Waals surface area contributed by atoms with Crippen LogP contribution in [0.3, 0.4) is 0 Å². The van der Waals surface area contributed by atoms with Crippen molar-refractivity contribution in [2.75, 3.05) is 6.54 Å². The van der Waals surface area contributed by atoms with E-state index in [2.05, 4.69) is 24.5 Å². The zero-order valence-corrected chi connectivity index (χ0v) is 11.5. The summed E-state index contributed by atoms with van der Waals surface area (Å²) >= 11 is 0. The van der Waals surface area contributed by atoms with E-state index in [4.69, 9.17) is 0 Å². The van der Waals surface area contributed by atoms with Gasteiger partial charge in [-0.05, 0) is 25.7 Å². The molecule has 1 fully saturated rings. The second kappa shape index (κ2) is 5.55. The molecule has 19 heavy (non-hydrogen) atoms. The quantitative estimate of drug-likeness (QED) is 0.919. The van der Waals surface area contributed by atoms with Gasteiger partial charge in [0, 0.05) is 13.1 Å². The van der Waals surface area contributed by atoms with Gasteiger partial charge in [0.15, 0.2) is 11.1 Å². The van der Waals surface area contributed by atoms with Crippen LogP contribution in [0, 0.1) is 5.92 Å². The Morgan fingerprint density at radius 1 is 1.32 bits per heavy atom. The van der Waals surface area contributed by atoms with E-state index in [1.165, 1.54) is 32.1 Å². The van der Waals surface area contributed by atoms with Crippen molar-refractivity contribution in [3.63, 3.8) is 0 Å². The van der Waals surface area contributed by atoms with Crippen molar-refractivity contribution in [3.8, 4) is 0 Å². The van der Waals surface area contributed by atoms with E-state index < -0.39 is 0 Å². The lowest BCUT2D eigenvalue weighted by molar-refractivity contribution is 0.320. The third kappa shape index (κ3) is 2.55. The van der Waals surface area contributed by atoms with Crippen LogP contribution in [0.25, 0.3) is 11.2 Å². The van der Waals surface area contributed by atoms with Crippen LogP contribution in [0.15, 0.2) is 17.6 Å². The fourth-order valence-electron chi connectivity index (χ4n) is 2.96. The van der Waals surface area contributed by atoms with Gasteiger partial charge < -0.3 is 9.55 Å². The summed E-state index contributed by atoms with van der Waals surface area (Å²) in [7, 11) is 0. The maximum Gasteiger partial charge on any atom is 0.176 e. The van der Waals surface area contributed by atoms with Crippen LogP contribution in [-0.4, -0.2) is 26.1 Å². The van der Waals surface area contributed by atoms with E-state index in [1.807, 2.05) is 13.3 Å². The molecule has 0 radical (unpaired) electrons. The molecule has 0 unspecified atom stereocenters. The van der Waals surface area contributed by atoms with E-state index in [9.17, 15) is 0 Å². The van der Waals surface area contributed by atoms with Crippen LogP contribution in [-0.2, 0) is 6.54 Å². The summed E-state index contributed by atoms with van der Waals surface area (Å²) < 4.78 is 2.18. The zero-order chi connectivity index (χ0) is 13.1. The predicted octanol–water partition coefficient (Wildman–Crippen LogP) is 2.26. The number of aromatic amines is 1. The van der Waals surface area contributed by atoms with Gasteiger partial charge in [-0.2, -0.15) is 0 Å². The van der Waals surface area contributed by atoms with Gasteiger partial charge in [-0.25, -0.2) is 9.97 Å². The molecule has 2 aromatic heterocycles. The molecule has 1 aliphatic rings. The Bertz CT molecular complexity index is 604. The third-order valence-electron chi connectivity index (χ3n) is 3.92. The molecule has 0 saturated heterocycles. The van der Waals surface area contributed by atoms with Crippen LogP contribution >= 0.6 is 0 Å². The van der Waals surface area contributed by atoms with Gasteiger partial charge in [-0.1, -0.05) is 19.3 Å². The number of nitrogens with zero attached hydrogens (tertiary/aromatic N) is 4. The predicted molar refractivity (Wildman–Crippen MR) is 74.6 cm³/mol. The van der Waals surface area contributed by atoms with Crippen molar-refractivity contribution in [2.45, 2.75) is 45.6 Å². The number of fused-ring (bicyclic) bond motifs is 1. The smallest absolute Gasteiger partial charge is 0.176 e. The lowest BCUT2D eigenvalue weighted by atomic mass is 9.89. The molecule has 5 nitrogen and oxygen atoms in total. The molecule has 1 N–H and O–H groups in total. The zero-order valence-electron chi connectivity index (χ0n) is 11.5. The number of rotatable bonds is 3. The van der Waals surface area contributed by atoms with Crippen LogP contribution in [0.4, 0.5) is 0 Å². The minimum Gasteiger partial charge on any atom is -0.340 e. The molecule has 0 atom stereocenters. The largest absolute Gasteiger partial charge is 0.340 e. The van der Waals surface area contributed by atoms with Gasteiger partial charge >= 0.3 is 0 Å². The molecule has 0 spiro atoms. The van der Waals surface area contributed by atoms with E-state index >= 15 is 0 Å². The van der Waals surface area contributed by atoms with Crippen molar-refractivity contribution in [1.82, 2.24) is 19.5 Å². The van der Waals surface area contributed by atoms with Crippen molar-refractivity contribution in [3.05, 3.63) is 18.1 Å². The first-order valence-corrected chi connectivity index (χ1v) is 7.27. The number of aromatic nitrogens is 4. The maximum absolute atomic E-state index is 4.46.